The lowest BCUT2D eigenvalue weighted by atomic mass is 10.1. The zero-order valence-electron chi connectivity index (χ0n) is 18.0. The van der Waals surface area contributed by atoms with Crippen LogP contribution in [0.5, 0.6) is 0 Å². The van der Waals surface area contributed by atoms with Crippen LogP contribution < -0.4 is 4.90 Å². The summed E-state index contributed by atoms with van der Waals surface area (Å²) in [4.78, 5) is 18.4. The molecule has 1 aliphatic carbocycles. The molecule has 164 valence electrons. The Morgan fingerprint density at radius 1 is 1.22 bits per heavy atom. The standard InChI is InChI=1S/C25H25FN4O2/c1-28-24-18(26)10-15(14-32)11-19(24)27-25(28)21-12-17-4-2-5-20-23(17)30(21)22(16-6-7-16)13-29(20)8-3-9-31/h2,4-5,10-12,14,16,22,31H,3,6-9,13H2,1H3. The Morgan fingerprint density at radius 2 is 2.06 bits per heavy atom. The quantitative estimate of drug-likeness (QED) is 0.462. The van der Waals surface area contributed by atoms with Crippen LogP contribution in [-0.4, -0.2) is 45.2 Å². The third kappa shape index (κ3) is 2.80. The van der Waals surface area contributed by atoms with Crippen molar-refractivity contribution >= 4 is 33.9 Å². The van der Waals surface area contributed by atoms with E-state index in [4.69, 9.17) is 4.98 Å². The average molecular weight is 432 g/mol. The highest BCUT2D eigenvalue weighted by atomic mass is 19.1. The highest BCUT2D eigenvalue weighted by Gasteiger charge is 2.39. The molecule has 1 saturated carbocycles. The Morgan fingerprint density at radius 3 is 2.81 bits per heavy atom. The van der Waals surface area contributed by atoms with Gasteiger partial charge in [0.2, 0.25) is 0 Å². The summed E-state index contributed by atoms with van der Waals surface area (Å²) in [5.41, 5.74) is 4.53. The lowest BCUT2D eigenvalue weighted by molar-refractivity contribution is 0.112. The lowest BCUT2D eigenvalue weighted by Gasteiger charge is -2.37. The van der Waals surface area contributed by atoms with Crippen LogP contribution in [-0.2, 0) is 7.05 Å². The summed E-state index contributed by atoms with van der Waals surface area (Å²) in [6.45, 7) is 1.90. The van der Waals surface area contributed by atoms with Gasteiger partial charge in [0.05, 0.1) is 28.5 Å². The predicted molar refractivity (Wildman–Crippen MR) is 123 cm³/mol. The van der Waals surface area contributed by atoms with Crippen molar-refractivity contribution in [2.24, 2.45) is 13.0 Å². The fourth-order valence-electron chi connectivity index (χ4n) is 5.37. The third-order valence-corrected chi connectivity index (χ3v) is 6.98. The summed E-state index contributed by atoms with van der Waals surface area (Å²) in [5, 5.41) is 10.5. The van der Waals surface area contributed by atoms with Crippen LogP contribution >= 0.6 is 0 Å². The number of halogens is 1. The molecule has 0 spiro atoms. The molecule has 0 radical (unpaired) electrons. The molecule has 1 aliphatic heterocycles. The largest absolute Gasteiger partial charge is 0.396 e. The zero-order chi connectivity index (χ0) is 22.0. The maximum Gasteiger partial charge on any atom is 0.157 e. The van der Waals surface area contributed by atoms with Crippen LogP contribution in [0.15, 0.2) is 36.4 Å². The highest BCUT2D eigenvalue weighted by Crippen LogP contribution is 2.49. The Labute approximate surface area is 184 Å². The molecule has 3 heterocycles. The summed E-state index contributed by atoms with van der Waals surface area (Å²) < 4.78 is 19.0. The SMILES string of the molecule is Cn1c(-c2cc3cccc4c3n2C(C2CC2)CN4CCCO)nc2cc(C=O)cc(F)c21. The molecule has 4 aromatic rings. The fourth-order valence-corrected chi connectivity index (χ4v) is 5.37. The van der Waals surface area contributed by atoms with Crippen molar-refractivity contribution in [1.82, 2.24) is 14.1 Å². The van der Waals surface area contributed by atoms with Gasteiger partial charge >= 0.3 is 0 Å². The van der Waals surface area contributed by atoms with Crippen LogP contribution in [0.3, 0.4) is 0 Å². The molecule has 1 unspecified atom stereocenters. The minimum absolute atomic E-state index is 0.182. The molecular weight excluding hydrogens is 407 g/mol. The lowest BCUT2D eigenvalue weighted by Crippen LogP contribution is -2.37. The summed E-state index contributed by atoms with van der Waals surface area (Å²) in [5.74, 6) is 0.885. The molecule has 6 rings (SSSR count). The Hall–Kier alpha value is -3.19. The topological polar surface area (TPSA) is 63.3 Å². The van der Waals surface area contributed by atoms with Crippen molar-refractivity contribution in [2.45, 2.75) is 25.3 Å². The molecule has 32 heavy (non-hydrogen) atoms. The molecule has 0 saturated heterocycles. The maximum atomic E-state index is 14.8. The van der Waals surface area contributed by atoms with Gasteiger partial charge in [-0.1, -0.05) is 12.1 Å². The number of aldehydes is 1. The van der Waals surface area contributed by atoms with Crippen molar-refractivity contribution < 1.29 is 14.3 Å². The van der Waals surface area contributed by atoms with Gasteiger partial charge in [0.15, 0.2) is 5.82 Å². The van der Waals surface area contributed by atoms with Crippen LogP contribution in [0.2, 0.25) is 0 Å². The van der Waals surface area contributed by atoms with E-state index in [0.29, 0.717) is 40.7 Å². The number of aromatic nitrogens is 3. The van der Waals surface area contributed by atoms with E-state index in [1.807, 2.05) is 7.05 Å². The first-order chi connectivity index (χ1) is 15.6. The van der Waals surface area contributed by atoms with Gasteiger partial charge in [0.1, 0.15) is 17.6 Å². The van der Waals surface area contributed by atoms with E-state index in [2.05, 4.69) is 33.7 Å². The van der Waals surface area contributed by atoms with Gasteiger partial charge in [0, 0.05) is 37.7 Å². The smallest absolute Gasteiger partial charge is 0.157 e. The Balaban J connectivity index is 1.60. The first-order valence-electron chi connectivity index (χ1n) is 11.2. The van der Waals surface area contributed by atoms with E-state index in [-0.39, 0.29) is 6.61 Å². The van der Waals surface area contributed by atoms with Gasteiger partial charge in [-0.05, 0) is 49.4 Å². The van der Waals surface area contributed by atoms with Gasteiger partial charge < -0.3 is 19.1 Å². The summed E-state index contributed by atoms with van der Waals surface area (Å²) >= 11 is 0. The molecule has 1 fully saturated rings. The second-order valence-electron chi connectivity index (χ2n) is 9.03. The monoisotopic (exact) mass is 432 g/mol. The van der Waals surface area contributed by atoms with E-state index < -0.39 is 5.82 Å². The molecule has 2 aliphatic rings. The number of rotatable bonds is 6. The summed E-state index contributed by atoms with van der Waals surface area (Å²) in [6.07, 6.45) is 3.81. The van der Waals surface area contributed by atoms with Gasteiger partial charge in [-0.15, -0.1) is 0 Å². The van der Waals surface area contributed by atoms with Crippen molar-refractivity contribution in [3.8, 4) is 11.5 Å². The first-order valence-corrected chi connectivity index (χ1v) is 11.2. The average Bonchev–Trinajstić information content (AvgIpc) is 3.49. The summed E-state index contributed by atoms with van der Waals surface area (Å²) in [7, 11) is 1.84. The van der Waals surface area contributed by atoms with E-state index in [1.165, 1.54) is 30.1 Å². The number of nitrogens with zero attached hydrogens (tertiary/aromatic N) is 4. The van der Waals surface area contributed by atoms with Gasteiger partial charge in [0.25, 0.3) is 0 Å². The molecule has 1 atom stereocenters. The number of imidazole rings is 1. The first kappa shape index (κ1) is 19.5. The number of aliphatic hydroxyl groups excluding tert-OH is 1. The van der Waals surface area contributed by atoms with Crippen molar-refractivity contribution in [3.05, 3.63) is 47.8 Å². The third-order valence-electron chi connectivity index (χ3n) is 6.98. The van der Waals surface area contributed by atoms with Crippen LogP contribution in [0.25, 0.3) is 33.5 Å². The number of hydrogen-bond donors (Lipinski definition) is 1. The van der Waals surface area contributed by atoms with Crippen LogP contribution in [0, 0.1) is 11.7 Å². The number of anilines is 1. The van der Waals surface area contributed by atoms with Crippen molar-refractivity contribution in [3.63, 3.8) is 0 Å². The maximum absolute atomic E-state index is 14.8. The molecule has 0 bridgehead atoms. The highest BCUT2D eigenvalue weighted by molar-refractivity contribution is 5.97. The Kier molecular flexibility index (Phi) is 4.37. The molecule has 1 N–H and O–H groups in total. The van der Waals surface area contributed by atoms with Crippen LogP contribution in [0.1, 0.15) is 35.7 Å². The molecule has 6 nitrogen and oxygen atoms in total. The number of carbonyl (C=O) groups excluding carboxylic acids is 1. The van der Waals surface area contributed by atoms with Gasteiger partial charge in [-0.3, -0.25) is 4.79 Å². The number of aryl methyl sites for hydroxylation is 1. The number of hydrogen-bond acceptors (Lipinski definition) is 4. The molecule has 0 amide bonds. The number of fused-ring (bicyclic) bond motifs is 1. The molecule has 2 aromatic carbocycles. The van der Waals surface area contributed by atoms with E-state index in [1.54, 1.807) is 10.6 Å². The van der Waals surface area contributed by atoms with Crippen LogP contribution in [0.4, 0.5) is 10.1 Å². The minimum atomic E-state index is -0.435. The fraction of sp³-hybridized carbons (Fsp3) is 0.360. The van der Waals surface area contributed by atoms with Crippen molar-refractivity contribution in [2.75, 3.05) is 24.6 Å². The number of para-hydroxylation sites is 1. The summed E-state index contributed by atoms with van der Waals surface area (Å²) in [6, 6.07) is 11.7. The number of aliphatic hydroxyl groups is 1. The molecular formula is C25H25FN4O2. The number of carbonyl (C=O) groups is 1. The normalized spacial score (nSPS) is 18.1. The van der Waals surface area contributed by atoms with Crippen molar-refractivity contribution in [1.29, 1.82) is 0 Å². The van der Waals surface area contributed by atoms with E-state index >= 15 is 0 Å². The molecule has 7 heteroatoms. The predicted octanol–water partition coefficient (Wildman–Crippen LogP) is 4.30. The zero-order valence-corrected chi connectivity index (χ0v) is 18.0. The van der Waals surface area contributed by atoms with E-state index in [0.717, 1.165) is 30.6 Å². The number of benzene rings is 2. The second kappa shape index (κ2) is 7.17. The minimum Gasteiger partial charge on any atom is -0.396 e. The van der Waals surface area contributed by atoms with Gasteiger partial charge in [-0.25, -0.2) is 9.37 Å². The van der Waals surface area contributed by atoms with Gasteiger partial charge in [-0.2, -0.15) is 0 Å². The second-order valence-corrected chi connectivity index (χ2v) is 9.03. The Bertz CT molecular complexity index is 1370. The molecule has 2 aromatic heterocycles. The van der Waals surface area contributed by atoms with E-state index in [9.17, 15) is 14.3 Å².